The summed E-state index contributed by atoms with van der Waals surface area (Å²) in [6, 6.07) is 9.16. The van der Waals surface area contributed by atoms with Crippen molar-refractivity contribution in [1.82, 2.24) is 9.55 Å². The maximum absolute atomic E-state index is 4.11. The minimum atomic E-state index is 0.470. The largest absolute Gasteiger partial charge is 0.382 e. The third-order valence-corrected chi connectivity index (χ3v) is 4.22. The average Bonchev–Trinajstić information content (AvgIpc) is 2.91. The van der Waals surface area contributed by atoms with Gasteiger partial charge in [0.1, 0.15) is 0 Å². The van der Waals surface area contributed by atoms with Gasteiger partial charge in [-0.3, -0.25) is 0 Å². The molecule has 1 fully saturated rings. The van der Waals surface area contributed by atoms with E-state index < -0.39 is 0 Å². The number of aromatic nitrogens is 2. The van der Waals surface area contributed by atoms with E-state index in [0.29, 0.717) is 11.5 Å². The van der Waals surface area contributed by atoms with Crippen molar-refractivity contribution in [3.8, 4) is 5.69 Å². The molecule has 1 saturated carbocycles. The first-order valence-corrected chi connectivity index (χ1v) is 7.47. The number of rotatable bonds is 3. The van der Waals surface area contributed by atoms with E-state index in [0.717, 1.165) is 5.69 Å². The smallest absolute Gasteiger partial charge is 0.0991 e. The predicted octanol–water partition coefficient (Wildman–Crippen LogP) is 4.25. The summed E-state index contributed by atoms with van der Waals surface area (Å²) in [5, 5.41) is 3.71. The molecule has 0 spiro atoms. The highest BCUT2D eigenvalue weighted by molar-refractivity contribution is 5.51. The van der Waals surface area contributed by atoms with Gasteiger partial charge in [0, 0.05) is 29.8 Å². The molecule has 0 saturated heterocycles. The molecule has 3 heteroatoms. The van der Waals surface area contributed by atoms with E-state index in [1.165, 1.54) is 31.4 Å². The summed E-state index contributed by atoms with van der Waals surface area (Å²) in [7, 11) is 0. The Bertz CT molecular complexity index is 557. The summed E-state index contributed by atoms with van der Waals surface area (Å²) in [6.45, 7) is 4.76. The van der Waals surface area contributed by atoms with Crippen molar-refractivity contribution in [3.63, 3.8) is 0 Å². The van der Waals surface area contributed by atoms with Crippen molar-refractivity contribution in [2.45, 2.75) is 45.6 Å². The van der Waals surface area contributed by atoms with Crippen LogP contribution in [0.4, 0.5) is 5.69 Å². The highest BCUT2D eigenvalue weighted by Crippen LogP contribution is 2.36. The highest BCUT2D eigenvalue weighted by Gasteiger charge is 2.27. The average molecular weight is 269 g/mol. The quantitative estimate of drug-likeness (QED) is 0.902. The van der Waals surface area contributed by atoms with E-state index in [4.69, 9.17) is 0 Å². The molecule has 0 amide bonds. The van der Waals surface area contributed by atoms with Crippen molar-refractivity contribution in [3.05, 3.63) is 43.0 Å². The molecule has 0 aliphatic heterocycles. The Morgan fingerprint density at radius 2 is 2.25 bits per heavy atom. The lowest BCUT2D eigenvalue weighted by molar-refractivity contribution is 0.229. The van der Waals surface area contributed by atoms with Gasteiger partial charge < -0.3 is 9.88 Å². The zero-order valence-corrected chi connectivity index (χ0v) is 12.3. The first-order chi connectivity index (χ1) is 9.62. The minimum Gasteiger partial charge on any atom is -0.382 e. The van der Waals surface area contributed by atoms with Gasteiger partial charge in [-0.25, -0.2) is 4.98 Å². The van der Waals surface area contributed by atoms with Crippen LogP contribution in [0, 0.1) is 5.41 Å². The molecule has 1 unspecified atom stereocenters. The number of nitrogens with zero attached hydrogens (tertiary/aromatic N) is 2. The predicted molar refractivity (Wildman–Crippen MR) is 83.2 cm³/mol. The van der Waals surface area contributed by atoms with Crippen LogP contribution < -0.4 is 5.32 Å². The van der Waals surface area contributed by atoms with E-state index in [-0.39, 0.29) is 0 Å². The van der Waals surface area contributed by atoms with Crippen LogP contribution in [0.3, 0.4) is 0 Å². The molecule has 1 aromatic heterocycles. The fourth-order valence-electron chi connectivity index (χ4n) is 3.23. The van der Waals surface area contributed by atoms with E-state index >= 15 is 0 Å². The summed E-state index contributed by atoms with van der Waals surface area (Å²) in [5.41, 5.74) is 2.83. The lowest BCUT2D eigenvalue weighted by Gasteiger charge is -2.36. The molecule has 1 aromatic carbocycles. The van der Waals surface area contributed by atoms with E-state index in [2.05, 4.69) is 48.4 Å². The molecule has 1 atom stereocenters. The standard InChI is InChI=1S/C17H23N3/c1-17(2)8-4-6-15(12-17)19-14-5-3-7-16(11-14)20-10-9-18-13-20/h3,5,7,9-11,13,15,19H,4,6,8,12H2,1-2H3. The van der Waals surface area contributed by atoms with Crippen molar-refractivity contribution < 1.29 is 0 Å². The minimum absolute atomic E-state index is 0.470. The summed E-state index contributed by atoms with van der Waals surface area (Å²) >= 11 is 0. The Labute approximate surface area is 121 Å². The van der Waals surface area contributed by atoms with Crippen LogP contribution in [0.2, 0.25) is 0 Å². The molecule has 1 aliphatic rings. The van der Waals surface area contributed by atoms with Gasteiger partial charge in [-0.05, 0) is 42.9 Å². The lowest BCUT2D eigenvalue weighted by Crippen LogP contribution is -2.31. The molecule has 20 heavy (non-hydrogen) atoms. The number of hydrogen-bond acceptors (Lipinski definition) is 2. The van der Waals surface area contributed by atoms with Crippen LogP contribution in [0.5, 0.6) is 0 Å². The van der Waals surface area contributed by atoms with Crippen LogP contribution in [-0.4, -0.2) is 15.6 Å². The van der Waals surface area contributed by atoms with Gasteiger partial charge in [0.25, 0.3) is 0 Å². The maximum Gasteiger partial charge on any atom is 0.0991 e. The van der Waals surface area contributed by atoms with Gasteiger partial charge in [-0.15, -0.1) is 0 Å². The third-order valence-electron chi connectivity index (χ3n) is 4.22. The third kappa shape index (κ3) is 3.03. The second-order valence-corrected chi connectivity index (χ2v) is 6.62. The highest BCUT2D eigenvalue weighted by atomic mass is 15.0. The summed E-state index contributed by atoms with van der Waals surface area (Å²) in [4.78, 5) is 4.11. The van der Waals surface area contributed by atoms with Crippen molar-refractivity contribution in [2.75, 3.05) is 5.32 Å². The molecule has 106 valence electrons. The first-order valence-electron chi connectivity index (χ1n) is 7.47. The summed E-state index contributed by atoms with van der Waals surface area (Å²) in [6.07, 6.45) is 10.8. The zero-order chi connectivity index (χ0) is 14.0. The number of benzene rings is 1. The lowest BCUT2D eigenvalue weighted by atomic mass is 9.75. The Morgan fingerprint density at radius 3 is 3.00 bits per heavy atom. The molecule has 3 nitrogen and oxygen atoms in total. The zero-order valence-electron chi connectivity index (χ0n) is 12.3. The Balaban J connectivity index is 1.73. The molecule has 1 aliphatic carbocycles. The maximum atomic E-state index is 4.11. The summed E-state index contributed by atoms with van der Waals surface area (Å²) in [5.74, 6) is 0. The molecule has 3 rings (SSSR count). The normalized spacial score (nSPS) is 21.6. The van der Waals surface area contributed by atoms with Gasteiger partial charge in [-0.1, -0.05) is 26.3 Å². The molecule has 0 radical (unpaired) electrons. The van der Waals surface area contributed by atoms with Crippen LogP contribution in [-0.2, 0) is 0 Å². The van der Waals surface area contributed by atoms with Crippen LogP contribution in [0.1, 0.15) is 39.5 Å². The van der Waals surface area contributed by atoms with E-state index in [9.17, 15) is 0 Å². The number of imidazole rings is 1. The van der Waals surface area contributed by atoms with Gasteiger partial charge >= 0.3 is 0 Å². The molecule has 0 bridgehead atoms. The second kappa shape index (κ2) is 5.31. The van der Waals surface area contributed by atoms with Crippen molar-refractivity contribution >= 4 is 5.69 Å². The Kier molecular flexibility index (Phi) is 3.51. The van der Waals surface area contributed by atoms with Crippen molar-refractivity contribution in [1.29, 1.82) is 0 Å². The van der Waals surface area contributed by atoms with Gasteiger partial charge in [0.05, 0.1) is 6.33 Å². The fraction of sp³-hybridized carbons (Fsp3) is 0.471. The number of hydrogen-bond donors (Lipinski definition) is 1. The van der Waals surface area contributed by atoms with Gasteiger partial charge in [0.2, 0.25) is 0 Å². The Hall–Kier alpha value is -1.77. The Morgan fingerprint density at radius 1 is 1.35 bits per heavy atom. The molecule has 1 heterocycles. The SMILES string of the molecule is CC1(C)CCCC(Nc2cccc(-n3ccnc3)c2)C1. The van der Waals surface area contributed by atoms with Gasteiger partial charge in [0.15, 0.2) is 0 Å². The van der Waals surface area contributed by atoms with Crippen LogP contribution >= 0.6 is 0 Å². The van der Waals surface area contributed by atoms with Gasteiger partial charge in [-0.2, -0.15) is 0 Å². The topological polar surface area (TPSA) is 29.9 Å². The van der Waals surface area contributed by atoms with Crippen LogP contribution in [0.25, 0.3) is 5.69 Å². The number of anilines is 1. The summed E-state index contributed by atoms with van der Waals surface area (Å²) < 4.78 is 2.04. The first kappa shape index (κ1) is 13.2. The monoisotopic (exact) mass is 269 g/mol. The number of nitrogens with one attached hydrogen (secondary N) is 1. The van der Waals surface area contributed by atoms with E-state index in [1.807, 2.05) is 23.3 Å². The fourth-order valence-corrected chi connectivity index (χ4v) is 3.23. The molecule has 1 N–H and O–H groups in total. The van der Waals surface area contributed by atoms with Crippen molar-refractivity contribution in [2.24, 2.45) is 5.41 Å². The van der Waals surface area contributed by atoms with E-state index in [1.54, 1.807) is 0 Å². The van der Waals surface area contributed by atoms with Crippen LogP contribution in [0.15, 0.2) is 43.0 Å². The molecular formula is C17H23N3. The molecular weight excluding hydrogens is 246 g/mol. The second-order valence-electron chi connectivity index (χ2n) is 6.62. The molecule has 2 aromatic rings.